The molecule has 3 aromatic rings. The summed E-state index contributed by atoms with van der Waals surface area (Å²) in [5.74, 6) is 0.206. The number of benzene rings is 2. The van der Waals surface area contributed by atoms with Gasteiger partial charge in [0.2, 0.25) is 5.16 Å². The number of rotatable bonds is 7. The summed E-state index contributed by atoms with van der Waals surface area (Å²) in [6.07, 6.45) is 2.28. The Balaban J connectivity index is 2.02. The summed E-state index contributed by atoms with van der Waals surface area (Å²) in [7, 11) is 0. The summed E-state index contributed by atoms with van der Waals surface area (Å²) in [5.41, 5.74) is 0.766. The Labute approximate surface area is 155 Å². The minimum Gasteiger partial charge on any atom is -0.544 e. The van der Waals surface area contributed by atoms with Crippen LogP contribution in [0.25, 0.3) is 16.8 Å². The lowest BCUT2D eigenvalue weighted by Gasteiger charge is -2.11. The van der Waals surface area contributed by atoms with E-state index in [0.717, 1.165) is 33.8 Å². The molecule has 7 heteroatoms. The number of nitrogens with one attached hydrogen (secondary N) is 1. The number of nitrogens with zero attached hydrogens (tertiary/aromatic N) is 2. The number of carbonyl (C=O) groups excluding carboxylic acids is 1. The van der Waals surface area contributed by atoms with Crippen LogP contribution in [0.2, 0.25) is 0 Å². The lowest BCUT2D eigenvalue weighted by atomic mass is 10.0. The van der Waals surface area contributed by atoms with E-state index in [4.69, 9.17) is 4.74 Å². The molecule has 0 aliphatic carbocycles. The Bertz CT molecular complexity index is 966. The average Bonchev–Trinajstić information content (AvgIpc) is 3.11. The number of fused-ring (bicyclic) bond motifs is 1. The van der Waals surface area contributed by atoms with Crippen molar-refractivity contribution in [1.82, 2.24) is 15.2 Å². The molecule has 0 aliphatic heterocycles. The van der Waals surface area contributed by atoms with Crippen LogP contribution in [-0.4, -0.2) is 27.8 Å². The van der Waals surface area contributed by atoms with Crippen LogP contribution >= 0.6 is 11.8 Å². The molecule has 3 rings (SSSR count). The number of hydrogen-bond donors (Lipinski definition) is 1. The maximum Gasteiger partial charge on any atom is 0.213 e. The first-order valence-corrected chi connectivity index (χ1v) is 9.10. The molecule has 0 atom stereocenters. The number of H-pyrrole nitrogens is 1. The Morgan fingerprint density at radius 1 is 1.23 bits per heavy atom. The maximum absolute atomic E-state index is 11.6. The quantitative estimate of drug-likeness (QED) is 0.509. The zero-order valence-electron chi connectivity index (χ0n) is 14.5. The fourth-order valence-corrected chi connectivity index (χ4v) is 3.27. The summed E-state index contributed by atoms with van der Waals surface area (Å²) >= 11 is 0.965. The van der Waals surface area contributed by atoms with E-state index in [1.807, 2.05) is 50.2 Å². The third-order valence-corrected chi connectivity index (χ3v) is 4.62. The van der Waals surface area contributed by atoms with Gasteiger partial charge in [0, 0.05) is 16.7 Å². The van der Waals surface area contributed by atoms with Gasteiger partial charge >= 0.3 is 0 Å². The lowest BCUT2D eigenvalue weighted by Crippen LogP contribution is -2.23. The first-order valence-electron chi connectivity index (χ1n) is 8.29. The third-order valence-electron chi connectivity index (χ3n) is 3.75. The van der Waals surface area contributed by atoms with E-state index in [9.17, 15) is 9.90 Å². The predicted molar refractivity (Wildman–Crippen MR) is 99.7 cm³/mol. The van der Waals surface area contributed by atoms with E-state index in [-0.39, 0.29) is 4.91 Å². The number of carbonyl (C=O) groups is 1. The van der Waals surface area contributed by atoms with Gasteiger partial charge in [0.15, 0.2) is 0 Å². The highest BCUT2D eigenvalue weighted by atomic mass is 32.2. The summed E-state index contributed by atoms with van der Waals surface area (Å²) in [5, 5.41) is 20.6. The molecule has 0 radical (unpaired) electrons. The molecule has 0 spiro atoms. The van der Waals surface area contributed by atoms with Crippen molar-refractivity contribution in [2.45, 2.75) is 25.4 Å². The van der Waals surface area contributed by atoms with Gasteiger partial charge in [-0.3, -0.25) is 5.10 Å². The number of aromatic amines is 1. The molecular formula is C19H18N3O3S-. The van der Waals surface area contributed by atoms with E-state index in [2.05, 4.69) is 15.2 Å². The summed E-state index contributed by atoms with van der Waals surface area (Å²) in [6, 6.07) is 11.4. The molecule has 0 bridgehead atoms. The van der Waals surface area contributed by atoms with E-state index < -0.39 is 5.97 Å². The number of carboxylic acid groups (broad SMARTS) is 1. The number of hydrogen-bond acceptors (Lipinski definition) is 6. The van der Waals surface area contributed by atoms with Crippen molar-refractivity contribution in [1.29, 1.82) is 0 Å². The van der Waals surface area contributed by atoms with Gasteiger partial charge < -0.3 is 14.6 Å². The summed E-state index contributed by atoms with van der Waals surface area (Å²) < 4.78 is 5.66. The Morgan fingerprint density at radius 2 is 2.00 bits per heavy atom. The smallest absolute Gasteiger partial charge is 0.213 e. The number of thioether (sulfide) groups is 1. The largest absolute Gasteiger partial charge is 0.544 e. The van der Waals surface area contributed by atoms with Crippen LogP contribution in [0.5, 0.6) is 5.75 Å². The van der Waals surface area contributed by atoms with Crippen LogP contribution < -0.4 is 9.84 Å². The fourth-order valence-electron chi connectivity index (χ4n) is 2.55. The van der Waals surface area contributed by atoms with Gasteiger partial charge in [-0.1, -0.05) is 37.3 Å². The monoisotopic (exact) mass is 368 g/mol. The SMILES string of the molecule is CCOc1ccc(/C=C(/Sc2n[nH]c(CC)n2)C(=O)[O-])c2ccccc12. The van der Waals surface area contributed by atoms with Crippen molar-refractivity contribution in [2.24, 2.45) is 0 Å². The molecule has 134 valence electrons. The Morgan fingerprint density at radius 3 is 2.65 bits per heavy atom. The molecule has 6 nitrogen and oxygen atoms in total. The molecule has 0 saturated heterocycles. The minimum absolute atomic E-state index is 0.0426. The van der Waals surface area contributed by atoms with E-state index in [1.165, 1.54) is 0 Å². The number of carboxylic acids is 1. The Hall–Kier alpha value is -2.80. The number of aliphatic carboxylic acids is 1. The van der Waals surface area contributed by atoms with Crippen molar-refractivity contribution in [3.05, 3.63) is 52.7 Å². The van der Waals surface area contributed by atoms with Crippen LogP contribution in [0, 0.1) is 0 Å². The van der Waals surface area contributed by atoms with Crippen molar-refractivity contribution < 1.29 is 14.6 Å². The molecule has 0 amide bonds. The van der Waals surface area contributed by atoms with E-state index in [0.29, 0.717) is 24.0 Å². The highest BCUT2D eigenvalue weighted by Crippen LogP contribution is 2.32. The minimum atomic E-state index is -1.27. The molecule has 1 heterocycles. The third kappa shape index (κ3) is 3.88. The number of aromatic nitrogens is 3. The van der Waals surface area contributed by atoms with Crippen molar-refractivity contribution in [3.8, 4) is 5.75 Å². The lowest BCUT2D eigenvalue weighted by molar-refractivity contribution is -0.297. The van der Waals surface area contributed by atoms with E-state index in [1.54, 1.807) is 6.08 Å². The molecule has 0 aliphatic rings. The molecule has 0 fully saturated rings. The predicted octanol–water partition coefficient (Wildman–Crippen LogP) is 2.80. The molecule has 1 aromatic heterocycles. The zero-order chi connectivity index (χ0) is 18.5. The van der Waals surface area contributed by atoms with Crippen LogP contribution in [0.3, 0.4) is 0 Å². The van der Waals surface area contributed by atoms with Gasteiger partial charge in [0.1, 0.15) is 11.6 Å². The molecule has 0 unspecified atom stereocenters. The topological polar surface area (TPSA) is 90.9 Å². The highest BCUT2D eigenvalue weighted by Gasteiger charge is 2.10. The van der Waals surface area contributed by atoms with Crippen LogP contribution in [-0.2, 0) is 11.2 Å². The van der Waals surface area contributed by atoms with Crippen molar-refractivity contribution in [3.63, 3.8) is 0 Å². The second-order valence-electron chi connectivity index (χ2n) is 5.45. The molecule has 0 saturated carbocycles. The second kappa shape index (κ2) is 8.05. The second-order valence-corrected chi connectivity index (χ2v) is 6.46. The molecular weight excluding hydrogens is 350 g/mol. The van der Waals surface area contributed by atoms with Gasteiger partial charge in [-0.2, -0.15) is 0 Å². The zero-order valence-corrected chi connectivity index (χ0v) is 15.3. The number of aryl methyl sites for hydroxylation is 1. The fraction of sp³-hybridized carbons (Fsp3) is 0.211. The van der Waals surface area contributed by atoms with Gasteiger partial charge in [-0.15, -0.1) is 5.10 Å². The first kappa shape index (κ1) is 18.0. The Kier molecular flexibility index (Phi) is 5.58. The van der Waals surface area contributed by atoms with Gasteiger partial charge in [-0.25, -0.2) is 4.98 Å². The average molecular weight is 368 g/mol. The van der Waals surface area contributed by atoms with Gasteiger partial charge in [0.05, 0.1) is 12.6 Å². The molecule has 1 N–H and O–H groups in total. The van der Waals surface area contributed by atoms with Crippen LogP contribution in [0.15, 0.2) is 46.5 Å². The van der Waals surface area contributed by atoms with Crippen molar-refractivity contribution >= 4 is 34.6 Å². The van der Waals surface area contributed by atoms with E-state index >= 15 is 0 Å². The molecule has 26 heavy (non-hydrogen) atoms. The van der Waals surface area contributed by atoms with Crippen LogP contribution in [0.1, 0.15) is 25.2 Å². The van der Waals surface area contributed by atoms with Gasteiger partial charge in [-0.05, 0) is 41.8 Å². The van der Waals surface area contributed by atoms with Crippen LogP contribution in [0.4, 0.5) is 0 Å². The normalized spacial score (nSPS) is 11.7. The molecule has 2 aromatic carbocycles. The van der Waals surface area contributed by atoms with Gasteiger partial charge in [0.25, 0.3) is 0 Å². The maximum atomic E-state index is 11.6. The standard InChI is InChI=1S/C19H19N3O3S/c1-3-17-20-19(22-21-17)26-16(18(23)24)11-12-9-10-15(25-4-2)14-8-6-5-7-13(12)14/h5-11H,3-4H2,1-2H3,(H,23,24)(H,20,21,22)/p-1/b16-11+. The summed E-state index contributed by atoms with van der Waals surface area (Å²) in [4.78, 5) is 15.9. The summed E-state index contributed by atoms with van der Waals surface area (Å²) in [6.45, 7) is 4.43. The number of ether oxygens (including phenoxy) is 1. The first-order chi connectivity index (χ1) is 12.6. The highest BCUT2D eigenvalue weighted by molar-refractivity contribution is 8.04. The van der Waals surface area contributed by atoms with Crippen molar-refractivity contribution in [2.75, 3.05) is 6.61 Å².